The summed E-state index contributed by atoms with van der Waals surface area (Å²) in [6.07, 6.45) is 6.56. The van der Waals surface area contributed by atoms with E-state index in [1.165, 1.54) is 12.0 Å². The highest BCUT2D eigenvalue weighted by Crippen LogP contribution is 2.33. The van der Waals surface area contributed by atoms with Crippen molar-refractivity contribution < 1.29 is 4.74 Å². The Bertz CT molecular complexity index is 529. The molecule has 1 aromatic carbocycles. The van der Waals surface area contributed by atoms with Crippen molar-refractivity contribution in [2.24, 2.45) is 10.9 Å². The van der Waals surface area contributed by atoms with Gasteiger partial charge in [-0.15, -0.1) is 6.58 Å². The molecule has 138 valence electrons. The van der Waals surface area contributed by atoms with Gasteiger partial charge in [-0.05, 0) is 38.2 Å². The van der Waals surface area contributed by atoms with Gasteiger partial charge < -0.3 is 15.0 Å². The molecule has 1 fully saturated rings. The third kappa shape index (κ3) is 6.20. The molecule has 1 saturated heterocycles. The van der Waals surface area contributed by atoms with E-state index >= 15 is 0 Å². The summed E-state index contributed by atoms with van der Waals surface area (Å²) in [6, 6.07) is 10.6. The second kappa shape index (κ2) is 10.9. The lowest BCUT2D eigenvalue weighted by Gasteiger charge is -2.32. The molecule has 0 saturated carbocycles. The van der Waals surface area contributed by atoms with Gasteiger partial charge in [-0.3, -0.25) is 4.99 Å². The summed E-state index contributed by atoms with van der Waals surface area (Å²) in [6.45, 7) is 9.43. The lowest BCUT2D eigenvalue weighted by Crippen LogP contribution is -2.40. The van der Waals surface area contributed by atoms with Gasteiger partial charge in [0.2, 0.25) is 0 Å². The first-order chi connectivity index (χ1) is 12.3. The normalized spacial score (nSPS) is 21.0. The first kappa shape index (κ1) is 19.5. The van der Waals surface area contributed by atoms with Crippen molar-refractivity contribution in [1.82, 2.24) is 10.2 Å². The van der Waals surface area contributed by atoms with Gasteiger partial charge >= 0.3 is 0 Å². The molecule has 2 rings (SSSR count). The van der Waals surface area contributed by atoms with Crippen LogP contribution >= 0.6 is 0 Å². The quantitative estimate of drug-likeness (QED) is 0.335. The van der Waals surface area contributed by atoms with Crippen LogP contribution in [0.4, 0.5) is 0 Å². The van der Waals surface area contributed by atoms with Crippen LogP contribution in [0.1, 0.15) is 44.3 Å². The summed E-state index contributed by atoms with van der Waals surface area (Å²) >= 11 is 0. The van der Waals surface area contributed by atoms with Gasteiger partial charge in [0.25, 0.3) is 0 Å². The molecule has 2 unspecified atom stereocenters. The molecule has 25 heavy (non-hydrogen) atoms. The molecular formula is C21H33N3O. The first-order valence-electron chi connectivity index (χ1n) is 9.53. The topological polar surface area (TPSA) is 36.9 Å². The van der Waals surface area contributed by atoms with Gasteiger partial charge in [0, 0.05) is 39.2 Å². The van der Waals surface area contributed by atoms with E-state index in [0.29, 0.717) is 5.92 Å². The molecule has 0 amide bonds. The maximum Gasteiger partial charge on any atom is 0.193 e. The lowest BCUT2D eigenvalue weighted by molar-refractivity contribution is -0.0250. The van der Waals surface area contributed by atoms with Crippen molar-refractivity contribution in [2.45, 2.75) is 38.7 Å². The van der Waals surface area contributed by atoms with E-state index in [4.69, 9.17) is 9.73 Å². The molecule has 1 aliphatic heterocycles. The lowest BCUT2D eigenvalue weighted by atomic mass is 9.89. The van der Waals surface area contributed by atoms with Crippen molar-refractivity contribution >= 4 is 5.96 Å². The van der Waals surface area contributed by atoms with Crippen molar-refractivity contribution in [2.75, 3.05) is 33.3 Å². The summed E-state index contributed by atoms with van der Waals surface area (Å²) < 4.78 is 6.09. The summed E-state index contributed by atoms with van der Waals surface area (Å²) in [5.74, 6) is 1.43. The molecule has 1 aromatic rings. The second-order valence-electron chi connectivity index (χ2n) is 6.65. The summed E-state index contributed by atoms with van der Waals surface area (Å²) in [5, 5.41) is 3.41. The molecule has 1 N–H and O–H groups in total. The van der Waals surface area contributed by atoms with E-state index in [2.05, 4.69) is 61.1 Å². The Morgan fingerprint density at radius 2 is 2.20 bits per heavy atom. The number of unbranched alkanes of at least 4 members (excludes halogenated alkanes) is 1. The fraction of sp³-hybridized carbons (Fsp3) is 0.571. The third-order valence-corrected chi connectivity index (χ3v) is 4.65. The van der Waals surface area contributed by atoms with Gasteiger partial charge in [0.15, 0.2) is 5.96 Å². The molecule has 0 spiro atoms. The Hall–Kier alpha value is -1.81. The number of guanidine groups is 1. The van der Waals surface area contributed by atoms with Gasteiger partial charge in [-0.1, -0.05) is 36.4 Å². The number of rotatable bonds is 8. The fourth-order valence-corrected chi connectivity index (χ4v) is 3.29. The fourth-order valence-electron chi connectivity index (χ4n) is 3.29. The predicted octanol–water partition coefficient (Wildman–Crippen LogP) is 4.02. The molecule has 0 aliphatic carbocycles. The van der Waals surface area contributed by atoms with Gasteiger partial charge in [0.05, 0.1) is 6.10 Å². The average molecular weight is 344 g/mol. The molecule has 2 atom stereocenters. The standard InChI is InChI=1S/C21H33N3O/c1-4-6-10-15-24(3)21(22-5-2)23-17-19-14-11-16-25-20(19)18-12-8-7-9-13-18/h4,7-9,12-13,19-20H,1,5-6,10-11,14-17H2,2-3H3,(H,22,23). The third-order valence-electron chi connectivity index (χ3n) is 4.65. The van der Waals surface area contributed by atoms with E-state index in [1.807, 2.05) is 6.08 Å². The highest BCUT2D eigenvalue weighted by atomic mass is 16.5. The molecule has 0 radical (unpaired) electrons. The number of ether oxygens (including phenoxy) is 1. The van der Waals surface area contributed by atoms with Gasteiger partial charge in [-0.25, -0.2) is 0 Å². The van der Waals surface area contributed by atoms with Crippen LogP contribution < -0.4 is 5.32 Å². The Morgan fingerprint density at radius 1 is 1.40 bits per heavy atom. The number of hydrogen-bond donors (Lipinski definition) is 1. The first-order valence-corrected chi connectivity index (χ1v) is 9.53. The predicted molar refractivity (Wildman–Crippen MR) is 106 cm³/mol. The average Bonchev–Trinajstić information content (AvgIpc) is 2.66. The number of aliphatic imine (C=N–C) groups is 1. The maximum absolute atomic E-state index is 6.09. The Balaban J connectivity index is 2.02. The zero-order chi connectivity index (χ0) is 17.9. The van der Waals surface area contributed by atoms with Crippen molar-refractivity contribution in [3.63, 3.8) is 0 Å². The Morgan fingerprint density at radius 3 is 2.92 bits per heavy atom. The van der Waals surface area contributed by atoms with Crippen molar-refractivity contribution in [1.29, 1.82) is 0 Å². The SMILES string of the molecule is C=CCCCN(C)C(=NCC1CCCOC1c1ccccc1)NCC. The number of allylic oxidation sites excluding steroid dienone is 1. The van der Waals surface area contributed by atoms with Crippen LogP contribution in [-0.4, -0.2) is 44.1 Å². The molecule has 0 aromatic heterocycles. The Kier molecular flexibility index (Phi) is 8.53. The number of nitrogens with one attached hydrogen (secondary N) is 1. The molecule has 1 aliphatic rings. The van der Waals surface area contributed by atoms with Crippen LogP contribution in [0.2, 0.25) is 0 Å². The molecule has 1 heterocycles. The summed E-state index contributed by atoms with van der Waals surface area (Å²) in [5.41, 5.74) is 1.27. The minimum Gasteiger partial charge on any atom is -0.373 e. The van der Waals surface area contributed by atoms with Gasteiger partial charge in [-0.2, -0.15) is 0 Å². The minimum absolute atomic E-state index is 0.160. The van der Waals surface area contributed by atoms with E-state index in [-0.39, 0.29) is 6.10 Å². The highest BCUT2D eigenvalue weighted by molar-refractivity contribution is 5.79. The minimum atomic E-state index is 0.160. The zero-order valence-electron chi connectivity index (χ0n) is 15.8. The monoisotopic (exact) mass is 343 g/mol. The molecule has 0 bridgehead atoms. The second-order valence-corrected chi connectivity index (χ2v) is 6.65. The zero-order valence-corrected chi connectivity index (χ0v) is 15.8. The van der Waals surface area contributed by atoms with Gasteiger partial charge in [0.1, 0.15) is 0 Å². The summed E-state index contributed by atoms with van der Waals surface area (Å²) in [4.78, 5) is 7.13. The van der Waals surface area contributed by atoms with E-state index in [9.17, 15) is 0 Å². The van der Waals surface area contributed by atoms with Crippen LogP contribution in [0.25, 0.3) is 0 Å². The van der Waals surface area contributed by atoms with E-state index < -0.39 is 0 Å². The molecule has 4 nitrogen and oxygen atoms in total. The molecule has 4 heteroatoms. The van der Waals surface area contributed by atoms with E-state index in [1.54, 1.807) is 0 Å². The number of nitrogens with zero attached hydrogens (tertiary/aromatic N) is 2. The highest BCUT2D eigenvalue weighted by Gasteiger charge is 2.27. The smallest absolute Gasteiger partial charge is 0.193 e. The molecular weight excluding hydrogens is 310 g/mol. The Labute approximate surface area is 153 Å². The number of benzene rings is 1. The maximum atomic E-state index is 6.09. The van der Waals surface area contributed by atoms with Crippen molar-refractivity contribution in [3.05, 3.63) is 48.6 Å². The van der Waals surface area contributed by atoms with Crippen LogP contribution in [-0.2, 0) is 4.74 Å². The number of hydrogen-bond acceptors (Lipinski definition) is 2. The van der Waals surface area contributed by atoms with Crippen LogP contribution in [0.3, 0.4) is 0 Å². The van der Waals surface area contributed by atoms with Crippen LogP contribution in [0.5, 0.6) is 0 Å². The van der Waals surface area contributed by atoms with Crippen molar-refractivity contribution in [3.8, 4) is 0 Å². The van der Waals surface area contributed by atoms with Crippen LogP contribution in [0.15, 0.2) is 48.0 Å². The van der Waals surface area contributed by atoms with E-state index in [0.717, 1.165) is 51.5 Å². The largest absolute Gasteiger partial charge is 0.373 e. The summed E-state index contributed by atoms with van der Waals surface area (Å²) in [7, 11) is 2.11. The van der Waals surface area contributed by atoms with Crippen LogP contribution in [0, 0.1) is 5.92 Å².